The second-order valence-electron chi connectivity index (χ2n) is 7.22. The van der Waals surface area contributed by atoms with E-state index in [1.807, 2.05) is 42.3 Å². The molecule has 2 aromatic rings. The van der Waals surface area contributed by atoms with Gasteiger partial charge in [0.05, 0.1) is 18.4 Å². The molecular weight excluding hydrogens is 328 g/mol. The third-order valence-electron chi connectivity index (χ3n) is 5.33. The molecule has 2 fully saturated rings. The largest absolute Gasteiger partial charge is 0.356 e. The summed E-state index contributed by atoms with van der Waals surface area (Å²) in [5.41, 5.74) is 2.41. The minimum absolute atomic E-state index is 0.0933. The van der Waals surface area contributed by atoms with Gasteiger partial charge in [0, 0.05) is 32.4 Å². The summed E-state index contributed by atoms with van der Waals surface area (Å²) >= 11 is 0. The summed E-state index contributed by atoms with van der Waals surface area (Å²) in [6, 6.07) is 6.09. The van der Waals surface area contributed by atoms with Crippen LogP contribution < -0.4 is 15.5 Å². The number of hydrogen-bond donors (Lipinski definition) is 2. The van der Waals surface area contributed by atoms with Crippen molar-refractivity contribution >= 4 is 11.8 Å². The number of amides is 2. The predicted molar refractivity (Wildman–Crippen MR) is 100 cm³/mol. The van der Waals surface area contributed by atoms with Crippen LogP contribution in [0.4, 0.5) is 10.6 Å². The fourth-order valence-electron chi connectivity index (χ4n) is 3.63. The molecule has 2 N–H and O–H groups in total. The molecule has 7 heteroatoms. The van der Waals surface area contributed by atoms with Crippen molar-refractivity contribution < 1.29 is 4.79 Å². The molecule has 3 heterocycles. The SMILES string of the molecule is Cn1ncc(C2CC2)c1CNC(=O)NC1CCN(c2ccccn2)CC1. The quantitative estimate of drug-likeness (QED) is 0.863. The molecular formula is C19H26N6O. The van der Waals surface area contributed by atoms with Gasteiger partial charge >= 0.3 is 6.03 Å². The Labute approximate surface area is 153 Å². The number of anilines is 1. The van der Waals surface area contributed by atoms with Crippen LogP contribution in [0.15, 0.2) is 30.6 Å². The molecule has 2 aromatic heterocycles. The highest BCUT2D eigenvalue weighted by Gasteiger charge is 2.28. The van der Waals surface area contributed by atoms with Gasteiger partial charge in [0.15, 0.2) is 0 Å². The van der Waals surface area contributed by atoms with Crippen LogP contribution in [0.2, 0.25) is 0 Å². The van der Waals surface area contributed by atoms with E-state index >= 15 is 0 Å². The molecule has 26 heavy (non-hydrogen) atoms. The number of rotatable bonds is 5. The van der Waals surface area contributed by atoms with Gasteiger partial charge in [-0.15, -0.1) is 0 Å². The zero-order valence-corrected chi connectivity index (χ0v) is 15.2. The second-order valence-corrected chi connectivity index (χ2v) is 7.22. The number of nitrogens with one attached hydrogen (secondary N) is 2. The average Bonchev–Trinajstić information content (AvgIpc) is 3.44. The maximum atomic E-state index is 12.3. The third-order valence-corrected chi connectivity index (χ3v) is 5.33. The second kappa shape index (κ2) is 7.35. The maximum Gasteiger partial charge on any atom is 0.315 e. The zero-order chi connectivity index (χ0) is 17.9. The fourth-order valence-corrected chi connectivity index (χ4v) is 3.63. The van der Waals surface area contributed by atoms with Gasteiger partial charge in [0.25, 0.3) is 0 Å². The Kier molecular flexibility index (Phi) is 4.77. The molecule has 7 nitrogen and oxygen atoms in total. The lowest BCUT2D eigenvalue weighted by molar-refractivity contribution is 0.233. The van der Waals surface area contributed by atoms with Crippen molar-refractivity contribution in [2.45, 2.75) is 44.2 Å². The van der Waals surface area contributed by atoms with Gasteiger partial charge in [-0.1, -0.05) is 6.07 Å². The van der Waals surface area contributed by atoms with Gasteiger partial charge in [-0.05, 0) is 49.3 Å². The van der Waals surface area contributed by atoms with Gasteiger partial charge in [-0.3, -0.25) is 4.68 Å². The third kappa shape index (κ3) is 3.81. The Bertz CT molecular complexity index is 747. The summed E-state index contributed by atoms with van der Waals surface area (Å²) in [5, 5.41) is 10.5. The number of aryl methyl sites for hydroxylation is 1. The minimum atomic E-state index is -0.0933. The highest BCUT2D eigenvalue weighted by molar-refractivity contribution is 5.74. The van der Waals surface area contributed by atoms with Crippen molar-refractivity contribution in [3.8, 4) is 0 Å². The van der Waals surface area contributed by atoms with E-state index in [-0.39, 0.29) is 12.1 Å². The molecule has 0 spiro atoms. The lowest BCUT2D eigenvalue weighted by atomic mass is 10.1. The minimum Gasteiger partial charge on any atom is -0.356 e. The number of piperidine rings is 1. The number of aromatic nitrogens is 3. The van der Waals surface area contributed by atoms with E-state index in [2.05, 4.69) is 25.6 Å². The van der Waals surface area contributed by atoms with Crippen molar-refractivity contribution in [2.24, 2.45) is 7.05 Å². The van der Waals surface area contributed by atoms with E-state index in [1.165, 1.54) is 18.4 Å². The summed E-state index contributed by atoms with van der Waals surface area (Å²) in [6.45, 7) is 2.35. The van der Waals surface area contributed by atoms with Crippen LogP contribution in [0.3, 0.4) is 0 Å². The van der Waals surface area contributed by atoms with Crippen molar-refractivity contribution in [1.82, 2.24) is 25.4 Å². The number of pyridine rings is 1. The Morgan fingerprint density at radius 2 is 2.04 bits per heavy atom. The van der Waals surface area contributed by atoms with E-state index in [4.69, 9.17) is 0 Å². The first-order valence-electron chi connectivity index (χ1n) is 9.42. The van der Waals surface area contributed by atoms with Gasteiger partial charge < -0.3 is 15.5 Å². The zero-order valence-electron chi connectivity index (χ0n) is 15.2. The standard InChI is InChI=1S/C19H26N6O/c1-24-17(16(12-22-24)14-5-6-14)13-21-19(26)23-15-7-10-25(11-8-15)18-4-2-3-9-20-18/h2-4,9,12,14-15H,5-8,10-11,13H2,1H3,(H2,21,23,26). The molecule has 0 aromatic carbocycles. The van der Waals surface area contributed by atoms with Gasteiger partial charge in [-0.2, -0.15) is 5.10 Å². The molecule has 1 aliphatic heterocycles. The molecule has 1 saturated heterocycles. The van der Waals surface area contributed by atoms with Crippen molar-refractivity contribution in [3.63, 3.8) is 0 Å². The molecule has 0 atom stereocenters. The normalized spacial score (nSPS) is 18.0. The van der Waals surface area contributed by atoms with Crippen LogP contribution >= 0.6 is 0 Å². The van der Waals surface area contributed by atoms with Crippen LogP contribution in [0.25, 0.3) is 0 Å². The first-order chi connectivity index (χ1) is 12.7. The van der Waals surface area contributed by atoms with Crippen LogP contribution in [0.1, 0.15) is 42.9 Å². The van der Waals surface area contributed by atoms with Crippen molar-refractivity contribution in [3.05, 3.63) is 41.9 Å². The average molecular weight is 354 g/mol. The van der Waals surface area contributed by atoms with Gasteiger partial charge in [0.2, 0.25) is 0 Å². The molecule has 1 saturated carbocycles. The first-order valence-corrected chi connectivity index (χ1v) is 9.42. The molecule has 0 unspecified atom stereocenters. The monoisotopic (exact) mass is 354 g/mol. The molecule has 0 bridgehead atoms. The topological polar surface area (TPSA) is 75.1 Å². The highest BCUT2D eigenvalue weighted by atomic mass is 16.2. The van der Waals surface area contributed by atoms with Gasteiger partial charge in [-0.25, -0.2) is 9.78 Å². The van der Waals surface area contributed by atoms with Crippen LogP contribution in [-0.2, 0) is 13.6 Å². The number of carbonyl (C=O) groups excluding carboxylic acids is 1. The number of carbonyl (C=O) groups is 1. The molecule has 138 valence electrons. The summed E-state index contributed by atoms with van der Waals surface area (Å²) in [4.78, 5) is 19.0. The Morgan fingerprint density at radius 1 is 1.23 bits per heavy atom. The van der Waals surface area contributed by atoms with Crippen LogP contribution in [0.5, 0.6) is 0 Å². The Hall–Kier alpha value is -2.57. The molecule has 4 rings (SSSR count). The van der Waals surface area contributed by atoms with Crippen molar-refractivity contribution in [1.29, 1.82) is 0 Å². The van der Waals surface area contributed by atoms with Crippen molar-refractivity contribution in [2.75, 3.05) is 18.0 Å². The van der Waals surface area contributed by atoms with E-state index in [0.717, 1.165) is 37.4 Å². The first kappa shape index (κ1) is 16.9. The Morgan fingerprint density at radius 3 is 2.73 bits per heavy atom. The molecule has 1 aliphatic carbocycles. The smallest absolute Gasteiger partial charge is 0.315 e. The summed E-state index contributed by atoms with van der Waals surface area (Å²) in [5.74, 6) is 1.65. The fraction of sp³-hybridized carbons (Fsp3) is 0.526. The number of hydrogen-bond acceptors (Lipinski definition) is 4. The van der Waals surface area contributed by atoms with E-state index in [9.17, 15) is 4.79 Å². The summed E-state index contributed by atoms with van der Waals surface area (Å²) < 4.78 is 1.87. The number of nitrogens with zero attached hydrogens (tertiary/aromatic N) is 4. The maximum absolute atomic E-state index is 12.3. The summed E-state index contributed by atoms with van der Waals surface area (Å²) in [6.07, 6.45) is 8.10. The van der Waals surface area contributed by atoms with E-state index in [1.54, 1.807) is 0 Å². The molecule has 2 aliphatic rings. The Balaban J connectivity index is 1.24. The highest BCUT2D eigenvalue weighted by Crippen LogP contribution is 2.41. The number of urea groups is 1. The summed E-state index contributed by atoms with van der Waals surface area (Å²) in [7, 11) is 1.94. The van der Waals surface area contributed by atoms with E-state index < -0.39 is 0 Å². The predicted octanol–water partition coefficient (Wildman–Crippen LogP) is 2.16. The molecule has 2 amide bonds. The van der Waals surface area contributed by atoms with Crippen LogP contribution in [0, 0.1) is 0 Å². The van der Waals surface area contributed by atoms with Gasteiger partial charge in [0.1, 0.15) is 5.82 Å². The lowest BCUT2D eigenvalue weighted by Gasteiger charge is -2.33. The van der Waals surface area contributed by atoms with E-state index in [0.29, 0.717) is 12.5 Å². The lowest BCUT2D eigenvalue weighted by Crippen LogP contribution is -2.48. The van der Waals surface area contributed by atoms with Crippen LogP contribution in [-0.4, -0.2) is 39.9 Å². The molecule has 0 radical (unpaired) electrons.